The van der Waals surface area contributed by atoms with Gasteiger partial charge in [-0.3, -0.25) is 9.59 Å². The first-order chi connectivity index (χ1) is 9.81. The van der Waals surface area contributed by atoms with E-state index in [9.17, 15) is 18.0 Å². The number of hydrogen-bond acceptors (Lipinski definition) is 4. The first kappa shape index (κ1) is 17.4. The van der Waals surface area contributed by atoms with Crippen LogP contribution in [0.25, 0.3) is 0 Å². The van der Waals surface area contributed by atoms with E-state index in [-0.39, 0.29) is 27.9 Å². The molecule has 0 aliphatic rings. The van der Waals surface area contributed by atoms with E-state index in [0.29, 0.717) is 6.54 Å². The number of rotatable bonds is 6. The monoisotopic (exact) mass is 333 g/mol. The molecule has 9 heteroatoms. The molecule has 0 spiro atoms. The minimum absolute atomic E-state index is 0.00428. The number of carbonyl (C=O) groups excluding carboxylic acids is 2. The number of amides is 2. The molecule has 0 aromatic heterocycles. The van der Waals surface area contributed by atoms with Crippen LogP contribution in [-0.2, 0) is 14.8 Å². The van der Waals surface area contributed by atoms with Gasteiger partial charge in [0.05, 0.1) is 11.6 Å². The number of sulfonamides is 1. The molecule has 0 atom stereocenters. The van der Waals surface area contributed by atoms with Gasteiger partial charge in [0.25, 0.3) is 5.91 Å². The SMILES string of the molecule is CCNC(=O)CNC(=O)c1ccc(Cl)c(S(=O)(=O)NC)c1. The number of nitrogens with one attached hydrogen (secondary N) is 3. The van der Waals surface area contributed by atoms with Crippen molar-refractivity contribution >= 4 is 33.4 Å². The largest absolute Gasteiger partial charge is 0.355 e. The zero-order valence-electron chi connectivity index (χ0n) is 11.6. The van der Waals surface area contributed by atoms with Crippen molar-refractivity contribution in [3.05, 3.63) is 28.8 Å². The molecular formula is C12H16ClN3O4S. The molecule has 0 saturated carbocycles. The molecule has 21 heavy (non-hydrogen) atoms. The second-order valence-electron chi connectivity index (χ2n) is 3.99. The van der Waals surface area contributed by atoms with Crippen LogP contribution in [-0.4, -0.2) is 40.4 Å². The van der Waals surface area contributed by atoms with Crippen LogP contribution in [0, 0.1) is 0 Å². The second-order valence-corrected chi connectivity index (χ2v) is 6.25. The highest BCUT2D eigenvalue weighted by Gasteiger charge is 2.18. The maximum Gasteiger partial charge on any atom is 0.251 e. The van der Waals surface area contributed by atoms with Gasteiger partial charge in [0.2, 0.25) is 15.9 Å². The molecule has 0 heterocycles. The van der Waals surface area contributed by atoms with Crippen LogP contribution < -0.4 is 15.4 Å². The lowest BCUT2D eigenvalue weighted by molar-refractivity contribution is -0.120. The number of halogens is 1. The third-order valence-corrected chi connectivity index (χ3v) is 4.43. The molecule has 2 amide bonds. The molecule has 0 radical (unpaired) electrons. The average molecular weight is 334 g/mol. The summed E-state index contributed by atoms with van der Waals surface area (Å²) < 4.78 is 25.6. The summed E-state index contributed by atoms with van der Waals surface area (Å²) in [5.74, 6) is -0.895. The molecule has 116 valence electrons. The van der Waals surface area contributed by atoms with Crippen molar-refractivity contribution in [2.45, 2.75) is 11.8 Å². The van der Waals surface area contributed by atoms with Gasteiger partial charge >= 0.3 is 0 Å². The Labute approximate surface area is 128 Å². The van der Waals surface area contributed by atoms with Gasteiger partial charge in [-0.05, 0) is 32.2 Å². The van der Waals surface area contributed by atoms with Gasteiger partial charge in [-0.2, -0.15) is 0 Å². The van der Waals surface area contributed by atoms with Crippen LogP contribution in [0.4, 0.5) is 0 Å². The Morgan fingerprint density at radius 2 is 1.90 bits per heavy atom. The minimum Gasteiger partial charge on any atom is -0.355 e. The normalized spacial score (nSPS) is 11.0. The highest BCUT2D eigenvalue weighted by Crippen LogP contribution is 2.22. The predicted octanol–water partition coefficient (Wildman–Crippen LogP) is 0.114. The number of likely N-dealkylation sites (N-methyl/N-ethyl adjacent to an activating group) is 1. The topological polar surface area (TPSA) is 104 Å². The minimum atomic E-state index is -3.77. The Bertz CT molecular complexity index is 646. The van der Waals surface area contributed by atoms with Crippen LogP contribution in [0.3, 0.4) is 0 Å². The van der Waals surface area contributed by atoms with Crippen molar-refractivity contribution in [2.24, 2.45) is 0 Å². The Hall–Kier alpha value is -1.64. The van der Waals surface area contributed by atoms with Gasteiger partial charge in [-0.1, -0.05) is 11.6 Å². The van der Waals surface area contributed by atoms with E-state index in [1.54, 1.807) is 6.92 Å². The molecule has 0 saturated heterocycles. The summed E-state index contributed by atoms with van der Waals surface area (Å²) in [6.07, 6.45) is 0. The summed E-state index contributed by atoms with van der Waals surface area (Å²) in [5, 5.41) is 4.92. The maximum atomic E-state index is 11.9. The molecule has 0 unspecified atom stereocenters. The van der Waals surface area contributed by atoms with Crippen LogP contribution in [0.2, 0.25) is 5.02 Å². The van der Waals surface area contributed by atoms with E-state index in [1.165, 1.54) is 19.2 Å². The third-order valence-electron chi connectivity index (χ3n) is 2.54. The molecule has 0 aliphatic heterocycles. The van der Waals surface area contributed by atoms with Crippen LogP contribution >= 0.6 is 11.6 Å². The fraction of sp³-hybridized carbons (Fsp3) is 0.333. The number of carbonyl (C=O) groups is 2. The quantitative estimate of drug-likeness (QED) is 0.687. The van der Waals surface area contributed by atoms with Crippen molar-refractivity contribution in [1.29, 1.82) is 0 Å². The second kappa shape index (κ2) is 7.39. The van der Waals surface area contributed by atoms with Crippen molar-refractivity contribution in [2.75, 3.05) is 20.1 Å². The fourth-order valence-corrected chi connectivity index (χ4v) is 2.73. The Kier molecular flexibility index (Phi) is 6.13. The first-order valence-electron chi connectivity index (χ1n) is 6.09. The Morgan fingerprint density at radius 3 is 2.48 bits per heavy atom. The highest BCUT2D eigenvalue weighted by molar-refractivity contribution is 7.89. The predicted molar refractivity (Wildman–Crippen MR) is 78.7 cm³/mol. The van der Waals surface area contributed by atoms with E-state index >= 15 is 0 Å². The lowest BCUT2D eigenvalue weighted by atomic mass is 10.2. The highest BCUT2D eigenvalue weighted by atomic mass is 35.5. The van der Waals surface area contributed by atoms with E-state index in [2.05, 4.69) is 15.4 Å². The van der Waals surface area contributed by atoms with Gasteiger partial charge < -0.3 is 10.6 Å². The van der Waals surface area contributed by atoms with Gasteiger partial charge in [0.15, 0.2) is 0 Å². The van der Waals surface area contributed by atoms with Crippen molar-refractivity contribution in [1.82, 2.24) is 15.4 Å². The zero-order chi connectivity index (χ0) is 16.0. The van der Waals surface area contributed by atoms with Crippen molar-refractivity contribution in [3.63, 3.8) is 0 Å². The lowest BCUT2D eigenvalue weighted by Crippen LogP contribution is -2.36. The van der Waals surface area contributed by atoms with E-state index in [1.807, 2.05) is 0 Å². The van der Waals surface area contributed by atoms with Gasteiger partial charge in [-0.25, -0.2) is 13.1 Å². The molecule has 0 bridgehead atoms. The van der Waals surface area contributed by atoms with Gasteiger partial charge in [0.1, 0.15) is 4.90 Å². The van der Waals surface area contributed by atoms with Crippen LogP contribution in [0.1, 0.15) is 17.3 Å². The molecule has 0 aliphatic carbocycles. The molecule has 7 nitrogen and oxygen atoms in total. The van der Waals surface area contributed by atoms with Crippen molar-refractivity contribution < 1.29 is 18.0 Å². The molecular weight excluding hydrogens is 318 g/mol. The molecule has 0 fully saturated rings. The molecule has 1 rings (SSSR count). The van der Waals surface area contributed by atoms with E-state index in [4.69, 9.17) is 11.6 Å². The average Bonchev–Trinajstić information content (AvgIpc) is 2.45. The standard InChI is InChI=1S/C12H16ClN3O4S/c1-3-15-11(17)7-16-12(18)8-4-5-9(13)10(6-8)21(19,20)14-2/h4-6,14H,3,7H2,1-2H3,(H,15,17)(H,16,18). The third kappa shape index (κ3) is 4.69. The summed E-state index contributed by atoms with van der Waals surface area (Å²) >= 11 is 5.82. The van der Waals surface area contributed by atoms with Crippen LogP contribution in [0.15, 0.2) is 23.1 Å². The molecule has 1 aromatic rings. The number of hydrogen-bond donors (Lipinski definition) is 3. The zero-order valence-corrected chi connectivity index (χ0v) is 13.1. The summed E-state index contributed by atoms with van der Waals surface area (Å²) in [6, 6.07) is 3.85. The Morgan fingerprint density at radius 1 is 1.24 bits per heavy atom. The summed E-state index contributed by atoms with van der Waals surface area (Å²) in [7, 11) is -2.52. The van der Waals surface area contributed by atoms with E-state index < -0.39 is 15.9 Å². The summed E-state index contributed by atoms with van der Waals surface area (Å²) in [4.78, 5) is 22.9. The fourth-order valence-electron chi connectivity index (χ4n) is 1.48. The van der Waals surface area contributed by atoms with Crippen LogP contribution in [0.5, 0.6) is 0 Å². The maximum absolute atomic E-state index is 11.9. The summed E-state index contributed by atoms with van der Waals surface area (Å²) in [5.41, 5.74) is 0.0949. The number of benzene rings is 1. The van der Waals surface area contributed by atoms with Crippen molar-refractivity contribution in [3.8, 4) is 0 Å². The molecule has 1 aromatic carbocycles. The Balaban J connectivity index is 2.92. The first-order valence-corrected chi connectivity index (χ1v) is 7.96. The lowest BCUT2D eigenvalue weighted by Gasteiger charge is -2.09. The molecule has 3 N–H and O–H groups in total. The van der Waals surface area contributed by atoms with E-state index in [0.717, 1.165) is 6.07 Å². The summed E-state index contributed by atoms with van der Waals surface area (Å²) in [6.45, 7) is 2.03. The smallest absolute Gasteiger partial charge is 0.251 e. The van der Waals surface area contributed by atoms with Gasteiger partial charge in [-0.15, -0.1) is 0 Å². The van der Waals surface area contributed by atoms with Gasteiger partial charge in [0, 0.05) is 12.1 Å².